The van der Waals surface area contributed by atoms with Gasteiger partial charge in [-0.3, -0.25) is 9.59 Å². The topological polar surface area (TPSA) is 80.6 Å². The van der Waals surface area contributed by atoms with E-state index in [9.17, 15) is 9.59 Å². The van der Waals surface area contributed by atoms with Crippen molar-refractivity contribution in [2.75, 3.05) is 26.2 Å². The summed E-state index contributed by atoms with van der Waals surface area (Å²) in [6.45, 7) is 6.72. The van der Waals surface area contributed by atoms with E-state index < -0.39 is 0 Å². The highest BCUT2D eigenvalue weighted by Crippen LogP contribution is 2.27. The Bertz CT molecular complexity index is 1160. The molecule has 2 amide bonds. The monoisotopic (exact) mass is 445 g/mol. The summed E-state index contributed by atoms with van der Waals surface area (Å²) in [5, 5.41) is 8.41. The molecule has 3 heterocycles. The zero-order valence-corrected chi connectivity index (χ0v) is 18.9. The van der Waals surface area contributed by atoms with Crippen LogP contribution in [0.1, 0.15) is 49.3 Å². The Kier molecular flexibility index (Phi) is 5.68. The number of hydrogen-bond donors (Lipinski definition) is 0. The summed E-state index contributed by atoms with van der Waals surface area (Å²) < 4.78 is 7.79. The molecule has 170 valence electrons. The van der Waals surface area contributed by atoms with Gasteiger partial charge in [0.1, 0.15) is 6.10 Å². The van der Waals surface area contributed by atoms with Gasteiger partial charge in [-0.1, -0.05) is 52.7 Å². The van der Waals surface area contributed by atoms with Crippen molar-refractivity contribution in [3.63, 3.8) is 0 Å². The molecule has 2 aromatic carbocycles. The van der Waals surface area contributed by atoms with Gasteiger partial charge in [-0.15, -0.1) is 5.10 Å². The number of carbonyl (C=O) groups is 2. The van der Waals surface area contributed by atoms with Gasteiger partial charge in [0.15, 0.2) is 5.69 Å². The third-order valence-electron chi connectivity index (χ3n) is 6.29. The van der Waals surface area contributed by atoms with Crippen molar-refractivity contribution < 1.29 is 14.3 Å². The maximum Gasteiger partial charge on any atom is 0.276 e. The SMILES string of the molecule is Cc1cc(C)cc(C(=O)N2CCN(C(=O)c3nnn4c3CO[C@@H](c3ccccc3)C4)CC2)c1. The number of carbonyl (C=O) groups excluding carboxylic acids is 2. The minimum atomic E-state index is -0.156. The third kappa shape index (κ3) is 4.26. The Labute approximate surface area is 192 Å². The van der Waals surface area contributed by atoms with Crippen molar-refractivity contribution in [3.8, 4) is 0 Å². The summed E-state index contributed by atoms with van der Waals surface area (Å²) in [6, 6.07) is 15.9. The van der Waals surface area contributed by atoms with E-state index in [1.807, 2.05) is 61.2 Å². The summed E-state index contributed by atoms with van der Waals surface area (Å²) in [5.74, 6) is -0.146. The fourth-order valence-electron chi connectivity index (χ4n) is 4.59. The van der Waals surface area contributed by atoms with Crippen molar-refractivity contribution in [2.24, 2.45) is 0 Å². The molecule has 0 bridgehead atoms. The first-order valence-corrected chi connectivity index (χ1v) is 11.3. The number of hydrogen-bond acceptors (Lipinski definition) is 5. The molecule has 0 radical (unpaired) electrons. The van der Waals surface area contributed by atoms with Crippen LogP contribution in [0.4, 0.5) is 0 Å². The summed E-state index contributed by atoms with van der Waals surface area (Å²) in [6.07, 6.45) is -0.108. The Hall–Kier alpha value is -3.52. The zero-order chi connectivity index (χ0) is 22.9. The zero-order valence-electron chi connectivity index (χ0n) is 18.9. The molecule has 33 heavy (non-hydrogen) atoms. The van der Waals surface area contributed by atoms with Crippen LogP contribution in [0.3, 0.4) is 0 Å². The highest BCUT2D eigenvalue weighted by Gasteiger charge is 2.32. The lowest BCUT2D eigenvalue weighted by atomic mass is 10.1. The molecule has 0 saturated carbocycles. The lowest BCUT2D eigenvalue weighted by Gasteiger charge is -2.34. The predicted molar refractivity (Wildman–Crippen MR) is 122 cm³/mol. The molecular formula is C25H27N5O3. The lowest BCUT2D eigenvalue weighted by Crippen LogP contribution is -2.50. The molecule has 1 atom stereocenters. The number of aromatic nitrogens is 3. The molecule has 1 aromatic heterocycles. The van der Waals surface area contributed by atoms with Gasteiger partial charge in [-0.2, -0.15) is 0 Å². The summed E-state index contributed by atoms with van der Waals surface area (Å²) in [5.41, 5.74) is 4.97. The Morgan fingerprint density at radius 1 is 0.909 bits per heavy atom. The van der Waals surface area contributed by atoms with Gasteiger partial charge < -0.3 is 14.5 Å². The second kappa shape index (κ2) is 8.78. The number of rotatable bonds is 3. The Morgan fingerprint density at radius 3 is 2.21 bits per heavy atom. The van der Waals surface area contributed by atoms with E-state index in [2.05, 4.69) is 16.4 Å². The number of amides is 2. The highest BCUT2D eigenvalue weighted by atomic mass is 16.5. The number of piperazine rings is 1. The lowest BCUT2D eigenvalue weighted by molar-refractivity contribution is -0.00202. The van der Waals surface area contributed by atoms with Gasteiger partial charge in [0.25, 0.3) is 11.8 Å². The van der Waals surface area contributed by atoms with Crippen molar-refractivity contribution in [2.45, 2.75) is 33.1 Å². The van der Waals surface area contributed by atoms with E-state index in [1.54, 1.807) is 9.58 Å². The first-order chi connectivity index (χ1) is 16.0. The first kappa shape index (κ1) is 21.3. The van der Waals surface area contributed by atoms with Crippen molar-refractivity contribution in [1.29, 1.82) is 0 Å². The van der Waals surface area contributed by atoms with Gasteiger partial charge in [0.2, 0.25) is 0 Å². The molecule has 8 nitrogen and oxygen atoms in total. The van der Waals surface area contributed by atoms with Crippen LogP contribution in [-0.2, 0) is 17.9 Å². The summed E-state index contributed by atoms with van der Waals surface area (Å²) in [7, 11) is 0. The minimum absolute atomic E-state index is 0.00953. The van der Waals surface area contributed by atoms with Gasteiger partial charge in [0.05, 0.1) is 18.8 Å². The van der Waals surface area contributed by atoms with Gasteiger partial charge in [0, 0.05) is 31.7 Å². The molecule has 0 spiro atoms. The molecule has 0 aliphatic carbocycles. The molecule has 2 aliphatic rings. The molecule has 0 N–H and O–H groups in total. The maximum atomic E-state index is 13.2. The van der Waals surface area contributed by atoms with Crippen LogP contribution in [0.25, 0.3) is 0 Å². The summed E-state index contributed by atoms with van der Waals surface area (Å²) in [4.78, 5) is 29.7. The average Bonchev–Trinajstić information content (AvgIpc) is 3.26. The van der Waals surface area contributed by atoms with Crippen LogP contribution < -0.4 is 0 Å². The molecule has 1 fully saturated rings. The fraction of sp³-hybridized carbons (Fsp3) is 0.360. The normalized spacial score (nSPS) is 18.2. The highest BCUT2D eigenvalue weighted by molar-refractivity contribution is 5.96. The van der Waals surface area contributed by atoms with Gasteiger partial charge in [-0.25, -0.2) is 4.68 Å². The van der Waals surface area contributed by atoms with E-state index in [4.69, 9.17) is 4.74 Å². The van der Waals surface area contributed by atoms with E-state index in [0.717, 1.165) is 16.7 Å². The van der Waals surface area contributed by atoms with Crippen LogP contribution in [0, 0.1) is 13.8 Å². The second-order valence-corrected chi connectivity index (χ2v) is 8.74. The Morgan fingerprint density at radius 2 is 1.55 bits per heavy atom. The molecule has 1 saturated heterocycles. The van der Waals surface area contributed by atoms with E-state index in [0.29, 0.717) is 56.3 Å². The van der Waals surface area contributed by atoms with E-state index >= 15 is 0 Å². The summed E-state index contributed by atoms with van der Waals surface area (Å²) >= 11 is 0. The Balaban J connectivity index is 1.23. The van der Waals surface area contributed by atoms with Crippen molar-refractivity contribution in [1.82, 2.24) is 24.8 Å². The molecule has 5 rings (SSSR count). The number of ether oxygens (including phenoxy) is 1. The number of nitrogens with zero attached hydrogens (tertiary/aromatic N) is 5. The largest absolute Gasteiger partial charge is 0.365 e. The molecule has 0 unspecified atom stereocenters. The van der Waals surface area contributed by atoms with Crippen LogP contribution in [0.5, 0.6) is 0 Å². The minimum Gasteiger partial charge on any atom is -0.365 e. The molecule has 2 aliphatic heterocycles. The number of benzene rings is 2. The fourth-order valence-corrected chi connectivity index (χ4v) is 4.59. The standard InChI is InChI=1S/C25H27N5O3/c1-17-12-18(2)14-20(13-17)24(31)28-8-10-29(11-9-28)25(32)23-21-16-33-22(15-30(21)27-26-23)19-6-4-3-5-7-19/h3-7,12-14,22H,8-11,15-16H2,1-2H3/t22-/m1/s1. The predicted octanol–water partition coefficient (Wildman–Crippen LogP) is 2.76. The van der Waals surface area contributed by atoms with E-state index in [1.165, 1.54) is 0 Å². The number of aryl methyl sites for hydroxylation is 2. The average molecular weight is 446 g/mol. The smallest absolute Gasteiger partial charge is 0.276 e. The first-order valence-electron chi connectivity index (χ1n) is 11.3. The van der Waals surface area contributed by atoms with Crippen LogP contribution >= 0.6 is 0 Å². The van der Waals surface area contributed by atoms with Crippen LogP contribution in [0.15, 0.2) is 48.5 Å². The molecule has 3 aromatic rings. The quantitative estimate of drug-likeness (QED) is 0.619. The molecule has 8 heteroatoms. The second-order valence-electron chi connectivity index (χ2n) is 8.74. The third-order valence-corrected chi connectivity index (χ3v) is 6.29. The van der Waals surface area contributed by atoms with Gasteiger partial charge >= 0.3 is 0 Å². The number of fused-ring (bicyclic) bond motifs is 1. The van der Waals surface area contributed by atoms with Gasteiger partial charge in [-0.05, 0) is 31.5 Å². The van der Waals surface area contributed by atoms with Crippen molar-refractivity contribution >= 4 is 11.8 Å². The van der Waals surface area contributed by atoms with Crippen LogP contribution in [-0.4, -0.2) is 62.8 Å². The van der Waals surface area contributed by atoms with Crippen molar-refractivity contribution in [3.05, 3.63) is 82.2 Å². The van der Waals surface area contributed by atoms with Crippen LogP contribution in [0.2, 0.25) is 0 Å². The van der Waals surface area contributed by atoms with E-state index in [-0.39, 0.29) is 17.9 Å². The maximum absolute atomic E-state index is 13.2. The molecular weight excluding hydrogens is 418 g/mol.